The average Bonchev–Trinajstić information content (AvgIpc) is 2.72. The first-order chi connectivity index (χ1) is 9.32. The molecule has 0 unspecified atom stereocenters. The van der Waals surface area contributed by atoms with E-state index >= 15 is 0 Å². The molecule has 0 amide bonds. The van der Waals surface area contributed by atoms with Crippen LogP contribution in [0.5, 0.6) is 0 Å². The van der Waals surface area contributed by atoms with Gasteiger partial charge in [0.25, 0.3) is 0 Å². The summed E-state index contributed by atoms with van der Waals surface area (Å²) in [6.45, 7) is 12.8. The van der Waals surface area contributed by atoms with Gasteiger partial charge in [0.05, 0.1) is 0 Å². The lowest BCUT2D eigenvalue weighted by Gasteiger charge is -2.19. The minimum Gasteiger partial charge on any atom is -0.350 e. The Labute approximate surface area is 122 Å². The fraction of sp³-hybridized carbons (Fsp3) is 0.444. The van der Waals surface area contributed by atoms with Gasteiger partial charge in [0.15, 0.2) is 0 Å². The molecule has 0 aliphatic rings. The minimum atomic E-state index is 0.162. The molecule has 2 rings (SSSR count). The summed E-state index contributed by atoms with van der Waals surface area (Å²) < 4.78 is 2.26. The largest absolute Gasteiger partial charge is 0.350 e. The Hall–Kier alpha value is -1.54. The van der Waals surface area contributed by atoms with Gasteiger partial charge in [0, 0.05) is 31.0 Å². The first-order valence-corrected chi connectivity index (χ1v) is 7.29. The topological polar surface area (TPSA) is 17.0 Å². The SMILES string of the molecule is Cc1cc(C)cc(Cn2ccc(CNC(C)(C)C)c2)c1. The monoisotopic (exact) mass is 270 g/mol. The molecule has 0 saturated heterocycles. The zero-order valence-corrected chi connectivity index (χ0v) is 13.3. The number of benzene rings is 1. The Morgan fingerprint density at radius 1 is 1.00 bits per heavy atom. The van der Waals surface area contributed by atoms with E-state index in [9.17, 15) is 0 Å². The lowest BCUT2D eigenvalue weighted by Crippen LogP contribution is -2.34. The van der Waals surface area contributed by atoms with Crippen LogP contribution in [-0.4, -0.2) is 10.1 Å². The quantitative estimate of drug-likeness (QED) is 0.887. The Morgan fingerprint density at radius 3 is 2.25 bits per heavy atom. The molecule has 0 aliphatic carbocycles. The van der Waals surface area contributed by atoms with Crippen LogP contribution in [0, 0.1) is 13.8 Å². The van der Waals surface area contributed by atoms with Crippen LogP contribution in [0.4, 0.5) is 0 Å². The summed E-state index contributed by atoms with van der Waals surface area (Å²) in [6, 6.07) is 8.94. The highest BCUT2D eigenvalue weighted by Gasteiger charge is 2.08. The molecule has 0 fully saturated rings. The van der Waals surface area contributed by atoms with Crippen LogP contribution in [-0.2, 0) is 13.1 Å². The summed E-state index contributed by atoms with van der Waals surface area (Å²) in [5.74, 6) is 0. The maximum atomic E-state index is 3.52. The predicted molar refractivity (Wildman–Crippen MR) is 86.0 cm³/mol. The van der Waals surface area contributed by atoms with Gasteiger partial charge in [-0.3, -0.25) is 0 Å². The highest BCUT2D eigenvalue weighted by molar-refractivity contribution is 5.29. The van der Waals surface area contributed by atoms with Crippen molar-refractivity contribution in [1.29, 1.82) is 0 Å². The van der Waals surface area contributed by atoms with Crippen LogP contribution >= 0.6 is 0 Å². The molecule has 0 aliphatic heterocycles. The fourth-order valence-electron chi connectivity index (χ4n) is 2.43. The highest BCUT2D eigenvalue weighted by atomic mass is 15.0. The number of hydrogen-bond donors (Lipinski definition) is 1. The number of aromatic nitrogens is 1. The molecule has 108 valence electrons. The molecule has 0 bridgehead atoms. The third-order valence-electron chi connectivity index (χ3n) is 3.28. The molecule has 20 heavy (non-hydrogen) atoms. The fourth-order valence-corrected chi connectivity index (χ4v) is 2.43. The second-order valence-corrected chi connectivity index (χ2v) is 6.79. The van der Waals surface area contributed by atoms with E-state index in [0.717, 1.165) is 13.1 Å². The summed E-state index contributed by atoms with van der Waals surface area (Å²) >= 11 is 0. The highest BCUT2D eigenvalue weighted by Crippen LogP contribution is 2.12. The van der Waals surface area contributed by atoms with Crippen LogP contribution in [0.3, 0.4) is 0 Å². The number of nitrogens with one attached hydrogen (secondary N) is 1. The zero-order chi connectivity index (χ0) is 14.8. The molecule has 0 spiro atoms. The number of hydrogen-bond acceptors (Lipinski definition) is 1. The van der Waals surface area contributed by atoms with Gasteiger partial charge in [0.1, 0.15) is 0 Å². The lowest BCUT2D eigenvalue weighted by molar-refractivity contribution is 0.424. The van der Waals surface area contributed by atoms with Crippen molar-refractivity contribution in [3.8, 4) is 0 Å². The minimum absolute atomic E-state index is 0.162. The van der Waals surface area contributed by atoms with Crippen LogP contribution in [0.1, 0.15) is 43.0 Å². The van der Waals surface area contributed by atoms with Gasteiger partial charge in [0.2, 0.25) is 0 Å². The van der Waals surface area contributed by atoms with E-state index in [1.54, 1.807) is 0 Å². The zero-order valence-electron chi connectivity index (χ0n) is 13.3. The van der Waals surface area contributed by atoms with E-state index in [0.29, 0.717) is 0 Å². The molecule has 2 aromatic rings. The predicted octanol–water partition coefficient (Wildman–Crippen LogP) is 4.04. The molecule has 0 atom stereocenters. The van der Waals surface area contributed by atoms with Gasteiger partial charge in [-0.25, -0.2) is 0 Å². The third-order valence-corrected chi connectivity index (χ3v) is 3.28. The molecule has 2 heteroatoms. The van der Waals surface area contributed by atoms with Crippen molar-refractivity contribution in [3.63, 3.8) is 0 Å². The van der Waals surface area contributed by atoms with E-state index in [-0.39, 0.29) is 5.54 Å². The number of nitrogens with zero attached hydrogens (tertiary/aromatic N) is 1. The van der Waals surface area contributed by atoms with Crippen LogP contribution in [0.15, 0.2) is 36.7 Å². The van der Waals surface area contributed by atoms with Crippen LogP contribution < -0.4 is 5.32 Å². The third kappa shape index (κ3) is 4.53. The maximum Gasteiger partial charge on any atom is 0.0470 e. The van der Waals surface area contributed by atoms with Crippen molar-refractivity contribution in [3.05, 3.63) is 58.9 Å². The second kappa shape index (κ2) is 5.84. The average molecular weight is 270 g/mol. The lowest BCUT2D eigenvalue weighted by atomic mass is 10.1. The normalized spacial score (nSPS) is 11.8. The molecule has 0 radical (unpaired) electrons. The summed E-state index contributed by atoms with van der Waals surface area (Å²) in [4.78, 5) is 0. The smallest absolute Gasteiger partial charge is 0.0470 e. The van der Waals surface area contributed by atoms with E-state index in [1.807, 2.05) is 0 Å². The summed E-state index contributed by atoms with van der Waals surface area (Å²) in [5.41, 5.74) is 5.54. The van der Waals surface area contributed by atoms with Crippen molar-refractivity contribution >= 4 is 0 Å². The first kappa shape index (κ1) is 14.9. The van der Waals surface area contributed by atoms with E-state index in [2.05, 4.69) is 81.2 Å². The van der Waals surface area contributed by atoms with Crippen molar-refractivity contribution < 1.29 is 0 Å². The van der Waals surface area contributed by atoms with E-state index in [1.165, 1.54) is 22.3 Å². The van der Waals surface area contributed by atoms with Gasteiger partial charge in [-0.2, -0.15) is 0 Å². The van der Waals surface area contributed by atoms with Crippen molar-refractivity contribution in [2.75, 3.05) is 0 Å². The van der Waals surface area contributed by atoms with Gasteiger partial charge in [-0.1, -0.05) is 29.3 Å². The van der Waals surface area contributed by atoms with Crippen molar-refractivity contribution in [2.45, 2.75) is 53.2 Å². The molecule has 2 nitrogen and oxygen atoms in total. The van der Waals surface area contributed by atoms with Gasteiger partial charge < -0.3 is 9.88 Å². The maximum absolute atomic E-state index is 3.52. The molecular formula is C18H26N2. The Morgan fingerprint density at radius 2 is 1.65 bits per heavy atom. The summed E-state index contributed by atoms with van der Waals surface area (Å²) in [6.07, 6.45) is 4.40. The molecule has 1 aromatic carbocycles. The van der Waals surface area contributed by atoms with Crippen LogP contribution in [0.2, 0.25) is 0 Å². The number of rotatable bonds is 4. The van der Waals surface area contributed by atoms with E-state index < -0.39 is 0 Å². The molecular weight excluding hydrogens is 244 g/mol. The molecule has 1 aromatic heterocycles. The van der Waals surface area contributed by atoms with Gasteiger partial charge in [-0.15, -0.1) is 0 Å². The number of aryl methyl sites for hydroxylation is 2. The first-order valence-electron chi connectivity index (χ1n) is 7.29. The summed E-state index contributed by atoms with van der Waals surface area (Å²) in [5, 5.41) is 3.52. The Balaban J connectivity index is 2.02. The second-order valence-electron chi connectivity index (χ2n) is 6.79. The van der Waals surface area contributed by atoms with Crippen molar-refractivity contribution in [2.24, 2.45) is 0 Å². The Bertz CT molecular complexity index is 553. The summed E-state index contributed by atoms with van der Waals surface area (Å²) in [7, 11) is 0. The Kier molecular flexibility index (Phi) is 4.34. The van der Waals surface area contributed by atoms with Gasteiger partial charge in [-0.05, 0) is 51.8 Å². The molecule has 1 N–H and O–H groups in total. The standard InChI is InChI=1S/C18H26N2/c1-14-8-15(2)10-17(9-14)13-20-7-6-16(12-20)11-19-18(3,4)5/h6-10,12,19H,11,13H2,1-5H3. The molecule has 1 heterocycles. The van der Waals surface area contributed by atoms with Crippen LogP contribution in [0.25, 0.3) is 0 Å². The molecule has 0 saturated carbocycles. The van der Waals surface area contributed by atoms with Gasteiger partial charge >= 0.3 is 0 Å². The van der Waals surface area contributed by atoms with Crippen molar-refractivity contribution in [1.82, 2.24) is 9.88 Å². The van der Waals surface area contributed by atoms with E-state index in [4.69, 9.17) is 0 Å².